The summed E-state index contributed by atoms with van der Waals surface area (Å²) in [6.45, 7) is 2.57. The minimum atomic E-state index is 0.483. The third kappa shape index (κ3) is 2.27. The molecule has 1 fully saturated rings. The smallest absolute Gasteiger partial charge is 0.215 e. The summed E-state index contributed by atoms with van der Waals surface area (Å²) in [5, 5.41) is 0. The minimum absolute atomic E-state index is 0.483. The van der Waals surface area contributed by atoms with E-state index in [4.69, 9.17) is 4.74 Å². The molecule has 0 bridgehead atoms. The molecule has 0 aliphatic heterocycles. The Morgan fingerprint density at radius 2 is 1.95 bits per heavy atom. The van der Waals surface area contributed by atoms with Crippen LogP contribution in [0.15, 0.2) is 42.5 Å². The van der Waals surface area contributed by atoms with Crippen LogP contribution in [0.25, 0.3) is 11.2 Å². The van der Waals surface area contributed by atoms with Gasteiger partial charge >= 0.3 is 0 Å². The number of benzene rings is 1. The number of rotatable bonds is 4. The molecule has 3 aromatic rings. The summed E-state index contributed by atoms with van der Waals surface area (Å²) in [7, 11) is 0. The van der Waals surface area contributed by atoms with Gasteiger partial charge in [0.15, 0.2) is 5.65 Å². The Morgan fingerprint density at radius 1 is 1.10 bits per heavy atom. The van der Waals surface area contributed by atoms with Crippen LogP contribution in [-0.2, 0) is 0 Å². The molecule has 0 saturated heterocycles. The molecular formula is C17H17N3O. The first-order valence-electron chi connectivity index (χ1n) is 7.39. The Labute approximate surface area is 123 Å². The third-order valence-electron chi connectivity index (χ3n) is 4.00. The van der Waals surface area contributed by atoms with E-state index in [1.165, 1.54) is 5.56 Å². The second-order valence-corrected chi connectivity index (χ2v) is 5.44. The lowest BCUT2D eigenvalue weighted by Gasteiger charge is -1.99. The topological polar surface area (TPSA) is 50.8 Å². The SMILES string of the molecule is CCOc1ccc2[nH]c(C3CC3c3ccccc3)nc2n1. The zero-order valence-electron chi connectivity index (χ0n) is 11.9. The molecule has 1 N–H and O–H groups in total. The second kappa shape index (κ2) is 4.88. The summed E-state index contributed by atoms with van der Waals surface area (Å²) < 4.78 is 5.42. The number of nitrogens with one attached hydrogen (secondary N) is 1. The van der Waals surface area contributed by atoms with E-state index in [9.17, 15) is 0 Å². The van der Waals surface area contributed by atoms with Crippen molar-refractivity contribution < 1.29 is 4.74 Å². The quantitative estimate of drug-likeness (QED) is 0.793. The number of hydrogen-bond acceptors (Lipinski definition) is 3. The number of H-pyrrole nitrogens is 1. The Kier molecular flexibility index (Phi) is 2.88. The molecule has 106 valence electrons. The van der Waals surface area contributed by atoms with Gasteiger partial charge in [-0.25, -0.2) is 4.98 Å². The predicted molar refractivity (Wildman–Crippen MR) is 81.6 cm³/mol. The van der Waals surface area contributed by atoms with E-state index in [0.29, 0.717) is 24.3 Å². The average Bonchev–Trinajstić information content (AvgIpc) is 3.21. The fraction of sp³-hybridized carbons (Fsp3) is 0.294. The molecular weight excluding hydrogens is 262 g/mol. The molecule has 2 unspecified atom stereocenters. The van der Waals surface area contributed by atoms with Gasteiger partial charge < -0.3 is 9.72 Å². The van der Waals surface area contributed by atoms with Crippen LogP contribution in [0.3, 0.4) is 0 Å². The maximum Gasteiger partial charge on any atom is 0.215 e. The molecule has 0 radical (unpaired) electrons. The summed E-state index contributed by atoms with van der Waals surface area (Å²) >= 11 is 0. The van der Waals surface area contributed by atoms with Crippen LogP contribution in [0.4, 0.5) is 0 Å². The summed E-state index contributed by atoms with van der Waals surface area (Å²) in [6, 6.07) is 14.5. The summed E-state index contributed by atoms with van der Waals surface area (Å²) in [6.07, 6.45) is 1.15. The first-order chi connectivity index (χ1) is 10.3. The average molecular weight is 279 g/mol. The predicted octanol–water partition coefficient (Wildman–Crippen LogP) is 3.63. The number of pyridine rings is 1. The van der Waals surface area contributed by atoms with Crippen LogP contribution in [0.5, 0.6) is 5.88 Å². The highest BCUT2D eigenvalue weighted by Crippen LogP contribution is 2.53. The van der Waals surface area contributed by atoms with Gasteiger partial charge in [-0.15, -0.1) is 0 Å². The largest absolute Gasteiger partial charge is 0.478 e. The highest BCUT2D eigenvalue weighted by Gasteiger charge is 2.41. The van der Waals surface area contributed by atoms with Gasteiger partial charge in [0.2, 0.25) is 5.88 Å². The molecule has 1 aromatic carbocycles. The molecule has 4 nitrogen and oxygen atoms in total. The second-order valence-electron chi connectivity index (χ2n) is 5.44. The van der Waals surface area contributed by atoms with E-state index in [1.54, 1.807) is 0 Å². The summed E-state index contributed by atoms with van der Waals surface area (Å²) in [5.74, 6) is 2.74. The molecule has 0 spiro atoms. The molecule has 2 heterocycles. The van der Waals surface area contributed by atoms with Crippen molar-refractivity contribution in [3.8, 4) is 5.88 Å². The molecule has 2 atom stereocenters. The van der Waals surface area contributed by atoms with Gasteiger partial charge in [-0.1, -0.05) is 30.3 Å². The molecule has 4 heteroatoms. The van der Waals surface area contributed by atoms with Gasteiger partial charge in [0.1, 0.15) is 5.82 Å². The van der Waals surface area contributed by atoms with Crippen molar-refractivity contribution in [2.75, 3.05) is 6.61 Å². The van der Waals surface area contributed by atoms with Crippen molar-refractivity contribution in [2.45, 2.75) is 25.2 Å². The first kappa shape index (κ1) is 12.4. The summed E-state index contributed by atoms with van der Waals surface area (Å²) in [5.41, 5.74) is 3.12. The Morgan fingerprint density at radius 3 is 2.76 bits per heavy atom. The van der Waals surface area contributed by atoms with Gasteiger partial charge in [0.25, 0.3) is 0 Å². The number of fused-ring (bicyclic) bond motifs is 1. The third-order valence-corrected chi connectivity index (χ3v) is 4.00. The number of aromatic nitrogens is 3. The van der Waals surface area contributed by atoms with Crippen molar-refractivity contribution in [1.82, 2.24) is 15.0 Å². The zero-order valence-corrected chi connectivity index (χ0v) is 11.9. The Hall–Kier alpha value is -2.36. The van der Waals surface area contributed by atoms with Gasteiger partial charge in [-0.3, -0.25) is 0 Å². The summed E-state index contributed by atoms with van der Waals surface area (Å²) in [4.78, 5) is 12.5. The van der Waals surface area contributed by atoms with E-state index in [2.05, 4.69) is 45.3 Å². The molecule has 0 amide bonds. The van der Waals surface area contributed by atoms with E-state index < -0.39 is 0 Å². The van der Waals surface area contributed by atoms with E-state index >= 15 is 0 Å². The van der Waals surface area contributed by atoms with Crippen LogP contribution in [0.2, 0.25) is 0 Å². The molecule has 1 aliphatic carbocycles. The van der Waals surface area contributed by atoms with Crippen LogP contribution in [0.1, 0.15) is 36.6 Å². The number of ether oxygens (including phenoxy) is 1. The molecule has 1 saturated carbocycles. The number of imidazole rings is 1. The maximum atomic E-state index is 5.42. The molecule has 4 rings (SSSR count). The van der Waals surface area contributed by atoms with Crippen LogP contribution in [0, 0.1) is 0 Å². The number of aromatic amines is 1. The van der Waals surface area contributed by atoms with Crippen molar-refractivity contribution in [3.63, 3.8) is 0 Å². The molecule has 2 aromatic heterocycles. The first-order valence-corrected chi connectivity index (χ1v) is 7.39. The fourth-order valence-electron chi connectivity index (χ4n) is 2.86. The Balaban J connectivity index is 1.60. The van der Waals surface area contributed by atoms with E-state index in [1.807, 2.05) is 19.1 Å². The van der Waals surface area contributed by atoms with Gasteiger partial charge in [-0.05, 0) is 30.9 Å². The highest BCUT2D eigenvalue weighted by molar-refractivity contribution is 5.71. The van der Waals surface area contributed by atoms with Gasteiger partial charge in [0, 0.05) is 12.0 Å². The van der Waals surface area contributed by atoms with Crippen LogP contribution >= 0.6 is 0 Å². The molecule has 21 heavy (non-hydrogen) atoms. The fourth-order valence-corrected chi connectivity index (χ4v) is 2.86. The van der Waals surface area contributed by atoms with Gasteiger partial charge in [0.05, 0.1) is 12.1 Å². The van der Waals surface area contributed by atoms with E-state index in [0.717, 1.165) is 23.4 Å². The zero-order chi connectivity index (χ0) is 14.2. The number of nitrogens with zero attached hydrogens (tertiary/aromatic N) is 2. The highest BCUT2D eigenvalue weighted by atomic mass is 16.5. The van der Waals surface area contributed by atoms with Crippen LogP contribution < -0.4 is 4.74 Å². The Bertz CT molecular complexity index is 766. The van der Waals surface area contributed by atoms with E-state index in [-0.39, 0.29) is 0 Å². The lowest BCUT2D eigenvalue weighted by Crippen LogP contribution is -1.93. The van der Waals surface area contributed by atoms with Crippen molar-refractivity contribution in [3.05, 3.63) is 53.9 Å². The number of hydrogen-bond donors (Lipinski definition) is 1. The van der Waals surface area contributed by atoms with Gasteiger partial charge in [-0.2, -0.15) is 4.98 Å². The van der Waals surface area contributed by atoms with Crippen molar-refractivity contribution in [1.29, 1.82) is 0 Å². The maximum absolute atomic E-state index is 5.42. The normalized spacial score (nSPS) is 20.6. The van der Waals surface area contributed by atoms with Crippen LogP contribution in [-0.4, -0.2) is 21.6 Å². The minimum Gasteiger partial charge on any atom is -0.478 e. The van der Waals surface area contributed by atoms with Crippen molar-refractivity contribution in [2.24, 2.45) is 0 Å². The molecule has 1 aliphatic rings. The monoisotopic (exact) mass is 279 g/mol. The lowest BCUT2D eigenvalue weighted by molar-refractivity contribution is 0.328. The van der Waals surface area contributed by atoms with Crippen molar-refractivity contribution >= 4 is 11.2 Å². The lowest BCUT2D eigenvalue weighted by atomic mass is 10.1. The standard InChI is InChI=1S/C17H17N3O/c1-2-21-15-9-8-14-17(19-15)20-16(18-14)13-10-12(13)11-6-4-3-5-7-11/h3-9,12-13H,2,10H2,1H3,(H,18,19,20).